The number of hydrogen-bond acceptors (Lipinski definition) is 5. The molecule has 3 aromatic rings. The normalized spacial score (nSPS) is 15.6. The number of carboxylic acids is 1. The highest BCUT2D eigenvalue weighted by atomic mass is 16.6. The molecule has 8 heteroatoms. The summed E-state index contributed by atoms with van der Waals surface area (Å²) in [6.45, 7) is 1.30. The standard InChI is InChI=1S/C31H32N2O6/c34-29(35)28(18-21-14-16-33(17-15-21)31(37)39-19-22-8-2-1-3-9-22)32-30(36)38-20-27-25-12-6-4-10-23(25)24-11-5-7-13-26(24)27/h1-13,21,27-28H,14-20H2,(H,32,36)(H,34,35). The molecule has 0 radical (unpaired) electrons. The highest BCUT2D eigenvalue weighted by Crippen LogP contribution is 2.44. The van der Waals surface area contributed by atoms with E-state index in [4.69, 9.17) is 9.47 Å². The van der Waals surface area contributed by atoms with E-state index in [1.165, 1.54) is 0 Å². The van der Waals surface area contributed by atoms with Crippen LogP contribution in [0.5, 0.6) is 0 Å². The molecule has 2 N–H and O–H groups in total. The van der Waals surface area contributed by atoms with Crippen molar-refractivity contribution in [3.63, 3.8) is 0 Å². The summed E-state index contributed by atoms with van der Waals surface area (Å²) in [4.78, 5) is 38.7. The van der Waals surface area contributed by atoms with Crippen LogP contribution in [0, 0.1) is 5.92 Å². The van der Waals surface area contributed by atoms with E-state index >= 15 is 0 Å². The highest BCUT2D eigenvalue weighted by molar-refractivity contribution is 5.81. The molecule has 2 amide bonds. The smallest absolute Gasteiger partial charge is 0.410 e. The number of carboxylic acid groups (broad SMARTS) is 1. The van der Waals surface area contributed by atoms with Gasteiger partial charge in [-0.1, -0.05) is 78.9 Å². The van der Waals surface area contributed by atoms with Crippen molar-refractivity contribution in [2.75, 3.05) is 19.7 Å². The summed E-state index contributed by atoms with van der Waals surface area (Å²) >= 11 is 0. The first-order valence-electron chi connectivity index (χ1n) is 13.3. The maximum atomic E-state index is 12.6. The molecule has 1 aliphatic heterocycles. The van der Waals surface area contributed by atoms with Crippen LogP contribution < -0.4 is 5.32 Å². The van der Waals surface area contributed by atoms with Gasteiger partial charge >= 0.3 is 18.2 Å². The van der Waals surface area contributed by atoms with Gasteiger partial charge < -0.3 is 24.8 Å². The van der Waals surface area contributed by atoms with E-state index in [1.54, 1.807) is 4.90 Å². The van der Waals surface area contributed by atoms with E-state index in [2.05, 4.69) is 17.4 Å². The second-order valence-electron chi connectivity index (χ2n) is 10.1. The quantitative estimate of drug-likeness (QED) is 0.405. The summed E-state index contributed by atoms with van der Waals surface area (Å²) in [5.41, 5.74) is 5.36. The summed E-state index contributed by atoms with van der Waals surface area (Å²) in [5, 5.41) is 12.3. The van der Waals surface area contributed by atoms with Gasteiger partial charge in [-0.05, 0) is 53.0 Å². The van der Waals surface area contributed by atoms with Crippen LogP contribution in [0.25, 0.3) is 11.1 Å². The van der Waals surface area contributed by atoms with Gasteiger partial charge in [0.15, 0.2) is 0 Å². The van der Waals surface area contributed by atoms with Crippen LogP contribution in [-0.2, 0) is 20.9 Å². The number of hydrogen-bond donors (Lipinski definition) is 2. The zero-order valence-electron chi connectivity index (χ0n) is 21.6. The Labute approximate surface area is 227 Å². The van der Waals surface area contributed by atoms with Gasteiger partial charge in [-0.25, -0.2) is 14.4 Å². The number of fused-ring (bicyclic) bond motifs is 3. The van der Waals surface area contributed by atoms with Gasteiger partial charge in [-0.2, -0.15) is 0 Å². The Kier molecular flexibility index (Phi) is 8.10. The first-order valence-corrected chi connectivity index (χ1v) is 13.3. The molecule has 2 aliphatic rings. The van der Waals surface area contributed by atoms with Crippen molar-refractivity contribution in [3.05, 3.63) is 95.6 Å². The maximum Gasteiger partial charge on any atom is 0.410 e. The summed E-state index contributed by atoms with van der Waals surface area (Å²) < 4.78 is 10.9. The SMILES string of the molecule is O=C(NC(CC1CCN(C(=O)OCc2ccccc2)CC1)C(=O)O)OCC1c2ccccc2-c2ccccc21. The Bertz CT molecular complexity index is 1270. The van der Waals surface area contributed by atoms with Gasteiger partial charge in [0.2, 0.25) is 0 Å². The van der Waals surface area contributed by atoms with E-state index in [-0.39, 0.29) is 37.6 Å². The number of amides is 2. The average Bonchev–Trinajstić information content (AvgIpc) is 3.29. The number of piperidine rings is 1. The third-order valence-corrected chi connectivity index (χ3v) is 7.58. The molecular formula is C31H32N2O6. The summed E-state index contributed by atoms with van der Waals surface area (Å²) in [6.07, 6.45) is 0.426. The van der Waals surface area contributed by atoms with E-state index in [0.29, 0.717) is 25.9 Å². The highest BCUT2D eigenvalue weighted by Gasteiger charge is 2.31. The fourth-order valence-electron chi connectivity index (χ4n) is 5.50. The van der Waals surface area contributed by atoms with Crippen molar-refractivity contribution >= 4 is 18.2 Å². The molecule has 0 bridgehead atoms. The maximum absolute atomic E-state index is 12.6. The topological polar surface area (TPSA) is 105 Å². The van der Waals surface area contributed by atoms with Crippen molar-refractivity contribution in [2.24, 2.45) is 5.92 Å². The van der Waals surface area contributed by atoms with Crippen molar-refractivity contribution < 1.29 is 29.0 Å². The third kappa shape index (κ3) is 6.22. The fourth-order valence-corrected chi connectivity index (χ4v) is 5.50. The molecular weight excluding hydrogens is 496 g/mol. The number of carbonyl (C=O) groups is 3. The lowest BCUT2D eigenvalue weighted by Gasteiger charge is -2.32. The minimum atomic E-state index is -1.10. The Morgan fingerprint density at radius 2 is 1.44 bits per heavy atom. The fraction of sp³-hybridized carbons (Fsp3) is 0.323. The number of likely N-dealkylation sites (tertiary alicyclic amines) is 1. The van der Waals surface area contributed by atoms with Crippen LogP contribution >= 0.6 is 0 Å². The second kappa shape index (κ2) is 12.0. The van der Waals surface area contributed by atoms with Gasteiger partial charge in [0.25, 0.3) is 0 Å². The molecule has 5 rings (SSSR count). The Morgan fingerprint density at radius 1 is 0.846 bits per heavy atom. The molecule has 1 fully saturated rings. The number of benzene rings is 3. The molecule has 0 aromatic heterocycles. The molecule has 1 saturated heterocycles. The first kappa shape index (κ1) is 26.3. The molecule has 1 heterocycles. The lowest BCUT2D eigenvalue weighted by molar-refractivity contribution is -0.140. The molecule has 1 atom stereocenters. The van der Waals surface area contributed by atoms with Crippen LogP contribution in [0.1, 0.15) is 41.9 Å². The van der Waals surface area contributed by atoms with Crippen molar-refractivity contribution in [3.8, 4) is 11.1 Å². The molecule has 3 aromatic carbocycles. The summed E-state index contributed by atoms with van der Waals surface area (Å²) in [5.74, 6) is -1.15. The predicted octanol–water partition coefficient (Wildman–Crippen LogP) is 5.42. The first-order chi connectivity index (χ1) is 19.0. The van der Waals surface area contributed by atoms with Crippen LogP contribution in [0.2, 0.25) is 0 Å². The number of aliphatic carboxylic acids is 1. The van der Waals surface area contributed by atoms with Gasteiger partial charge in [-0.15, -0.1) is 0 Å². The zero-order chi connectivity index (χ0) is 27.2. The number of ether oxygens (including phenoxy) is 2. The number of carbonyl (C=O) groups excluding carboxylic acids is 2. The molecule has 1 unspecified atom stereocenters. The van der Waals surface area contributed by atoms with Crippen molar-refractivity contribution in [1.29, 1.82) is 0 Å². The van der Waals surface area contributed by atoms with Gasteiger partial charge in [0, 0.05) is 19.0 Å². The number of nitrogens with one attached hydrogen (secondary N) is 1. The number of rotatable bonds is 8. The summed E-state index contributed by atoms with van der Waals surface area (Å²) in [6, 6.07) is 24.5. The van der Waals surface area contributed by atoms with Gasteiger partial charge in [-0.3, -0.25) is 0 Å². The van der Waals surface area contributed by atoms with E-state index in [1.807, 2.05) is 66.7 Å². The lowest BCUT2D eigenvalue weighted by Crippen LogP contribution is -2.45. The third-order valence-electron chi connectivity index (χ3n) is 7.58. The van der Waals surface area contributed by atoms with E-state index in [0.717, 1.165) is 27.8 Å². The monoisotopic (exact) mass is 528 g/mol. The minimum absolute atomic E-state index is 0.0539. The van der Waals surface area contributed by atoms with Gasteiger partial charge in [0.1, 0.15) is 19.3 Å². The van der Waals surface area contributed by atoms with Crippen LogP contribution in [-0.4, -0.2) is 53.9 Å². The van der Waals surface area contributed by atoms with Crippen molar-refractivity contribution in [1.82, 2.24) is 10.2 Å². The van der Waals surface area contributed by atoms with Gasteiger partial charge in [0.05, 0.1) is 0 Å². The van der Waals surface area contributed by atoms with E-state index in [9.17, 15) is 19.5 Å². The number of alkyl carbamates (subject to hydrolysis) is 1. The predicted molar refractivity (Wildman–Crippen MR) is 145 cm³/mol. The molecule has 202 valence electrons. The molecule has 8 nitrogen and oxygen atoms in total. The number of nitrogens with zero attached hydrogens (tertiary/aromatic N) is 1. The molecule has 1 aliphatic carbocycles. The van der Waals surface area contributed by atoms with Crippen LogP contribution in [0.3, 0.4) is 0 Å². The lowest BCUT2D eigenvalue weighted by atomic mass is 9.90. The zero-order valence-corrected chi connectivity index (χ0v) is 21.6. The average molecular weight is 529 g/mol. The Balaban J connectivity index is 1.09. The Morgan fingerprint density at radius 3 is 2.05 bits per heavy atom. The molecule has 39 heavy (non-hydrogen) atoms. The molecule has 0 saturated carbocycles. The second-order valence-corrected chi connectivity index (χ2v) is 10.1. The van der Waals surface area contributed by atoms with Crippen LogP contribution in [0.4, 0.5) is 9.59 Å². The Hall–Kier alpha value is -4.33. The molecule has 0 spiro atoms. The minimum Gasteiger partial charge on any atom is -0.480 e. The van der Waals surface area contributed by atoms with E-state index < -0.39 is 18.1 Å². The van der Waals surface area contributed by atoms with Crippen LogP contribution in [0.15, 0.2) is 78.9 Å². The summed E-state index contributed by atoms with van der Waals surface area (Å²) in [7, 11) is 0. The largest absolute Gasteiger partial charge is 0.480 e. The van der Waals surface area contributed by atoms with Crippen molar-refractivity contribution in [2.45, 2.75) is 37.8 Å².